The molecule has 14 heteroatoms. The third-order valence-electron chi connectivity index (χ3n) is 9.33. The number of likely N-dealkylation sites (N-methyl/N-ethyl adjacent to an activating group) is 1. The van der Waals surface area contributed by atoms with E-state index >= 15 is 0 Å². The molecule has 2 aromatic carbocycles. The Morgan fingerprint density at radius 2 is 1.73 bits per heavy atom. The molecule has 0 bridgehead atoms. The van der Waals surface area contributed by atoms with Gasteiger partial charge in [-0.3, -0.25) is 14.9 Å². The van der Waals surface area contributed by atoms with Crippen LogP contribution in [0.3, 0.4) is 0 Å². The van der Waals surface area contributed by atoms with Gasteiger partial charge in [0, 0.05) is 80.8 Å². The highest BCUT2D eigenvalue weighted by atomic mass is 19.4. The molecule has 0 radical (unpaired) electrons. The molecule has 3 heterocycles. The Balaban J connectivity index is 1.15. The third-order valence-corrected chi connectivity index (χ3v) is 9.33. The highest BCUT2D eigenvalue weighted by Crippen LogP contribution is 2.35. The van der Waals surface area contributed by atoms with E-state index in [1.807, 2.05) is 24.2 Å². The Kier molecular flexibility index (Phi) is 9.85. The number of urea groups is 1. The summed E-state index contributed by atoms with van der Waals surface area (Å²) >= 11 is 0. The van der Waals surface area contributed by atoms with Gasteiger partial charge in [-0.2, -0.15) is 18.3 Å². The van der Waals surface area contributed by atoms with Gasteiger partial charge in [0.15, 0.2) is 5.82 Å². The molecule has 2 amide bonds. The van der Waals surface area contributed by atoms with Crippen molar-refractivity contribution in [2.24, 2.45) is 12.8 Å². The molecule has 4 aromatic rings. The summed E-state index contributed by atoms with van der Waals surface area (Å²) < 4.78 is 43.7. The molecule has 1 saturated carbocycles. The monoisotopic (exact) mass is 664 g/mol. The number of piperazine rings is 1. The van der Waals surface area contributed by atoms with Gasteiger partial charge in [0.2, 0.25) is 5.95 Å². The van der Waals surface area contributed by atoms with Crippen LogP contribution in [-0.4, -0.2) is 80.9 Å². The van der Waals surface area contributed by atoms with Gasteiger partial charge in [-0.1, -0.05) is 13.0 Å². The van der Waals surface area contributed by atoms with Crippen molar-refractivity contribution < 1.29 is 18.0 Å². The standard InChI is InChI=1S/C34H43F3N10O/c1-4-21-15-23(16-24-19-39-32(43-31(21)24)40-26-9-6-25(38)7-10-26)29-18-30(44-46(29)3)42-33(48)41-27-8-5-22(28(17-27)34(35,36)37)20-47-13-11-45(2)12-14-47/h5,8,15-19,25-26H,4,6-7,9-14,20,38H2,1-3H3,(H,39,40,43)(H2,41,42,44,48)/t25-,26-. The maximum atomic E-state index is 14.0. The number of fused-ring (bicyclic) bond motifs is 1. The number of amides is 2. The van der Waals surface area contributed by atoms with Crippen LogP contribution in [0.15, 0.2) is 42.6 Å². The van der Waals surface area contributed by atoms with Crippen molar-refractivity contribution in [3.63, 3.8) is 0 Å². The number of anilines is 3. The molecule has 0 unspecified atom stereocenters. The van der Waals surface area contributed by atoms with Crippen LogP contribution < -0.4 is 21.7 Å². The van der Waals surface area contributed by atoms with Crippen molar-refractivity contribution in [2.75, 3.05) is 49.2 Å². The first-order valence-electron chi connectivity index (χ1n) is 16.5. The van der Waals surface area contributed by atoms with Crippen molar-refractivity contribution >= 4 is 34.4 Å². The zero-order valence-electron chi connectivity index (χ0n) is 27.6. The Hall–Kier alpha value is -4.27. The van der Waals surface area contributed by atoms with Gasteiger partial charge in [-0.05, 0) is 74.5 Å². The number of rotatable bonds is 8. The molecule has 1 saturated heterocycles. The zero-order chi connectivity index (χ0) is 34.0. The molecule has 11 nitrogen and oxygen atoms in total. The van der Waals surface area contributed by atoms with Crippen LogP contribution in [-0.2, 0) is 26.2 Å². The Bertz CT molecular complexity index is 1760. The van der Waals surface area contributed by atoms with E-state index in [4.69, 9.17) is 10.7 Å². The number of hydrogen-bond acceptors (Lipinski definition) is 8. The number of hydrogen-bond donors (Lipinski definition) is 4. The molecule has 256 valence electrons. The molecule has 2 aromatic heterocycles. The maximum Gasteiger partial charge on any atom is 0.416 e. The number of aromatic nitrogens is 4. The molecule has 6 rings (SSSR count). The molecule has 1 aliphatic carbocycles. The summed E-state index contributed by atoms with van der Waals surface area (Å²) in [6.07, 6.45) is 1.97. The van der Waals surface area contributed by atoms with Gasteiger partial charge in [0.25, 0.3) is 0 Å². The van der Waals surface area contributed by atoms with E-state index in [2.05, 4.69) is 43.9 Å². The van der Waals surface area contributed by atoms with Crippen LogP contribution in [0.2, 0.25) is 0 Å². The predicted octanol–water partition coefficient (Wildman–Crippen LogP) is 5.68. The van der Waals surface area contributed by atoms with E-state index in [-0.39, 0.29) is 29.7 Å². The van der Waals surface area contributed by atoms with Gasteiger partial charge in [0.05, 0.1) is 16.8 Å². The van der Waals surface area contributed by atoms with Gasteiger partial charge >= 0.3 is 12.2 Å². The van der Waals surface area contributed by atoms with E-state index in [9.17, 15) is 18.0 Å². The lowest BCUT2D eigenvalue weighted by Crippen LogP contribution is -2.44. The average molecular weight is 665 g/mol. The molecule has 0 atom stereocenters. The van der Waals surface area contributed by atoms with Crippen molar-refractivity contribution in [3.05, 3.63) is 59.3 Å². The fraction of sp³-hybridized carbons (Fsp3) is 0.471. The van der Waals surface area contributed by atoms with Crippen LogP contribution in [0.25, 0.3) is 22.2 Å². The number of aryl methyl sites for hydroxylation is 2. The summed E-state index contributed by atoms with van der Waals surface area (Å²) in [6, 6.07) is 9.58. The van der Waals surface area contributed by atoms with Gasteiger partial charge in [-0.25, -0.2) is 14.8 Å². The lowest BCUT2D eigenvalue weighted by Gasteiger charge is -2.33. The molecule has 1 aliphatic heterocycles. The van der Waals surface area contributed by atoms with Crippen molar-refractivity contribution in [1.82, 2.24) is 29.5 Å². The highest BCUT2D eigenvalue weighted by molar-refractivity contribution is 5.99. The van der Waals surface area contributed by atoms with E-state index in [0.717, 1.165) is 79.0 Å². The summed E-state index contributed by atoms with van der Waals surface area (Å²) in [4.78, 5) is 26.5. The van der Waals surface area contributed by atoms with Gasteiger partial charge in [-0.15, -0.1) is 0 Å². The normalized spacial score (nSPS) is 19.4. The molecule has 5 N–H and O–H groups in total. The zero-order valence-corrected chi connectivity index (χ0v) is 27.6. The molecule has 48 heavy (non-hydrogen) atoms. The minimum atomic E-state index is -4.56. The second-order valence-corrected chi connectivity index (χ2v) is 12.9. The van der Waals surface area contributed by atoms with Crippen molar-refractivity contribution in [1.29, 1.82) is 0 Å². The van der Waals surface area contributed by atoms with Crippen molar-refractivity contribution in [3.8, 4) is 11.3 Å². The van der Waals surface area contributed by atoms with E-state index < -0.39 is 17.8 Å². The minimum Gasteiger partial charge on any atom is -0.351 e. The van der Waals surface area contributed by atoms with Crippen LogP contribution in [0.5, 0.6) is 0 Å². The topological polar surface area (TPSA) is 129 Å². The SMILES string of the molecule is CCc1cc(-c2cc(NC(=O)Nc3ccc(CN4CCN(C)CC4)c(C(F)(F)F)c3)nn2C)cc2cnc(N[C@H]3CC[C@H](N)CC3)nc12. The van der Waals surface area contributed by atoms with Gasteiger partial charge in [0.1, 0.15) is 0 Å². The van der Waals surface area contributed by atoms with E-state index in [1.165, 1.54) is 12.1 Å². The smallest absolute Gasteiger partial charge is 0.351 e. The van der Waals surface area contributed by atoms with Crippen LogP contribution in [0.4, 0.5) is 35.4 Å². The summed E-state index contributed by atoms with van der Waals surface area (Å²) in [6.45, 7) is 5.27. The molecule has 2 fully saturated rings. The number of carbonyl (C=O) groups is 1. The fourth-order valence-corrected chi connectivity index (χ4v) is 6.53. The van der Waals surface area contributed by atoms with E-state index in [0.29, 0.717) is 25.1 Å². The Labute approximate surface area is 278 Å². The van der Waals surface area contributed by atoms with E-state index in [1.54, 1.807) is 17.8 Å². The molecular weight excluding hydrogens is 621 g/mol. The second-order valence-electron chi connectivity index (χ2n) is 12.9. The summed E-state index contributed by atoms with van der Waals surface area (Å²) in [5, 5.41) is 14.0. The first kappa shape index (κ1) is 33.6. The number of nitrogens with zero attached hydrogens (tertiary/aromatic N) is 6. The Morgan fingerprint density at radius 1 is 0.979 bits per heavy atom. The summed E-state index contributed by atoms with van der Waals surface area (Å²) in [5.74, 6) is 0.865. The predicted molar refractivity (Wildman–Crippen MR) is 182 cm³/mol. The first-order chi connectivity index (χ1) is 22.9. The number of alkyl halides is 3. The van der Waals surface area contributed by atoms with Crippen LogP contribution in [0, 0.1) is 0 Å². The van der Waals surface area contributed by atoms with Crippen molar-refractivity contribution in [2.45, 2.75) is 63.8 Å². The number of nitrogens with one attached hydrogen (secondary N) is 3. The van der Waals surface area contributed by atoms with Gasteiger partial charge < -0.3 is 21.3 Å². The molecule has 2 aliphatic rings. The highest BCUT2D eigenvalue weighted by Gasteiger charge is 2.34. The number of halogens is 3. The fourth-order valence-electron chi connectivity index (χ4n) is 6.53. The molecular formula is C34H43F3N10O. The summed E-state index contributed by atoms with van der Waals surface area (Å²) in [5.41, 5.74) is 9.06. The lowest BCUT2D eigenvalue weighted by atomic mass is 9.92. The number of benzene rings is 2. The Morgan fingerprint density at radius 3 is 2.44 bits per heavy atom. The number of nitrogens with two attached hydrogens (primary N) is 1. The average Bonchev–Trinajstić information content (AvgIpc) is 3.42. The lowest BCUT2D eigenvalue weighted by molar-refractivity contribution is -0.138. The van der Waals surface area contributed by atoms with Crippen LogP contribution in [0.1, 0.15) is 49.3 Å². The second kappa shape index (κ2) is 14.1. The largest absolute Gasteiger partial charge is 0.416 e. The minimum absolute atomic E-state index is 0.0427. The first-order valence-corrected chi connectivity index (χ1v) is 16.5. The quantitative estimate of drug-likeness (QED) is 0.189. The number of carbonyl (C=O) groups excluding carboxylic acids is 1. The third kappa shape index (κ3) is 7.88. The summed E-state index contributed by atoms with van der Waals surface area (Å²) in [7, 11) is 3.77. The van der Waals surface area contributed by atoms with Crippen LogP contribution >= 0.6 is 0 Å². The maximum absolute atomic E-state index is 14.0. The molecule has 0 spiro atoms.